The summed E-state index contributed by atoms with van der Waals surface area (Å²) in [5.41, 5.74) is 0.911. The molecule has 1 aliphatic carbocycles. The van der Waals surface area contributed by atoms with Gasteiger partial charge < -0.3 is 20.4 Å². The average Bonchev–Trinajstić information content (AvgIpc) is 3.40. The van der Waals surface area contributed by atoms with E-state index in [0.29, 0.717) is 12.5 Å². The Morgan fingerprint density at radius 2 is 2.03 bits per heavy atom. The van der Waals surface area contributed by atoms with E-state index in [9.17, 15) is 9.18 Å². The molecule has 0 aromatic heterocycles. The highest BCUT2D eigenvalue weighted by atomic mass is 127. The zero-order valence-corrected chi connectivity index (χ0v) is 21.3. The fourth-order valence-electron chi connectivity index (χ4n) is 4.48. The molecule has 3 rings (SSSR count). The van der Waals surface area contributed by atoms with Gasteiger partial charge >= 0.3 is 0 Å². The Kier molecular flexibility index (Phi) is 10.5. The second-order valence-corrected chi connectivity index (χ2v) is 8.65. The van der Waals surface area contributed by atoms with Crippen LogP contribution in [0.4, 0.5) is 4.39 Å². The first kappa shape index (κ1) is 25.8. The SMILES string of the molecule is CCNC(=NCC(c1cccc(F)c1)N(C)C)NC1CCN(C(=O)C2CCCC2)C1.I. The number of amides is 1. The lowest BCUT2D eigenvalue weighted by Crippen LogP contribution is -2.45. The van der Waals surface area contributed by atoms with Crippen molar-refractivity contribution >= 4 is 35.8 Å². The molecule has 2 fully saturated rings. The molecular weight excluding hydrogens is 508 g/mol. The fraction of sp³-hybridized carbons (Fsp3) is 0.652. The highest BCUT2D eigenvalue weighted by Gasteiger charge is 2.32. The first-order valence-electron chi connectivity index (χ1n) is 11.2. The van der Waals surface area contributed by atoms with E-state index in [1.165, 1.54) is 18.9 Å². The van der Waals surface area contributed by atoms with Gasteiger partial charge in [-0.1, -0.05) is 25.0 Å². The van der Waals surface area contributed by atoms with Crippen LogP contribution in [-0.4, -0.2) is 68.0 Å². The van der Waals surface area contributed by atoms with Crippen LogP contribution < -0.4 is 10.6 Å². The van der Waals surface area contributed by atoms with Gasteiger partial charge in [-0.15, -0.1) is 24.0 Å². The van der Waals surface area contributed by atoms with Gasteiger partial charge in [-0.2, -0.15) is 0 Å². The number of likely N-dealkylation sites (N-methyl/N-ethyl adjacent to an activating group) is 1. The van der Waals surface area contributed by atoms with Crippen LogP contribution in [0.3, 0.4) is 0 Å². The Bertz CT molecular complexity index is 738. The molecule has 0 spiro atoms. The van der Waals surface area contributed by atoms with Gasteiger partial charge in [0.2, 0.25) is 5.91 Å². The van der Waals surface area contributed by atoms with E-state index in [2.05, 4.69) is 15.5 Å². The van der Waals surface area contributed by atoms with Gasteiger partial charge in [-0.25, -0.2) is 4.39 Å². The Morgan fingerprint density at radius 3 is 2.68 bits per heavy atom. The van der Waals surface area contributed by atoms with Gasteiger partial charge in [-0.3, -0.25) is 9.79 Å². The number of rotatable bonds is 7. The fourth-order valence-corrected chi connectivity index (χ4v) is 4.48. The largest absolute Gasteiger partial charge is 0.357 e. The van der Waals surface area contributed by atoms with E-state index in [0.717, 1.165) is 50.4 Å². The molecule has 2 aliphatic rings. The third-order valence-electron chi connectivity index (χ3n) is 6.17. The topological polar surface area (TPSA) is 60.0 Å². The zero-order valence-electron chi connectivity index (χ0n) is 18.9. The van der Waals surface area contributed by atoms with Crippen LogP contribution in [0.5, 0.6) is 0 Å². The van der Waals surface area contributed by atoms with Crippen LogP contribution in [0.25, 0.3) is 0 Å². The minimum atomic E-state index is -0.230. The van der Waals surface area contributed by atoms with Gasteiger partial charge in [0.15, 0.2) is 5.96 Å². The standard InChI is InChI=1S/C23H36FN5O.HI/c1-4-25-23(26-15-21(28(2)3)18-10-7-11-19(24)14-18)27-20-12-13-29(16-20)22(30)17-8-5-6-9-17;/h7,10-11,14,17,20-21H,4-6,8-9,12-13,15-16H2,1-3H3,(H2,25,26,27);1H. The molecule has 1 aliphatic heterocycles. The predicted molar refractivity (Wildman–Crippen MR) is 134 cm³/mol. The van der Waals surface area contributed by atoms with Crippen molar-refractivity contribution in [3.63, 3.8) is 0 Å². The Morgan fingerprint density at radius 1 is 1.29 bits per heavy atom. The van der Waals surface area contributed by atoms with Crippen molar-refractivity contribution in [1.29, 1.82) is 0 Å². The zero-order chi connectivity index (χ0) is 21.5. The maximum Gasteiger partial charge on any atom is 0.225 e. The van der Waals surface area contributed by atoms with Gasteiger partial charge in [0.25, 0.3) is 0 Å². The number of benzene rings is 1. The molecule has 1 heterocycles. The summed E-state index contributed by atoms with van der Waals surface area (Å²) in [5, 5.41) is 6.81. The molecule has 2 N–H and O–H groups in total. The third kappa shape index (κ3) is 7.30. The predicted octanol–water partition coefficient (Wildman–Crippen LogP) is 3.39. The minimum absolute atomic E-state index is 0. The smallest absolute Gasteiger partial charge is 0.225 e. The molecule has 1 saturated carbocycles. The molecule has 6 nitrogen and oxygen atoms in total. The number of hydrogen-bond acceptors (Lipinski definition) is 3. The number of nitrogens with one attached hydrogen (secondary N) is 2. The van der Waals surface area contributed by atoms with E-state index < -0.39 is 0 Å². The molecule has 2 atom stereocenters. The molecule has 0 bridgehead atoms. The lowest BCUT2D eigenvalue weighted by molar-refractivity contribution is -0.134. The lowest BCUT2D eigenvalue weighted by atomic mass is 10.1. The number of halogens is 2. The molecule has 0 radical (unpaired) electrons. The first-order valence-corrected chi connectivity index (χ1v) is 11.2. The van der Waals surface area contributed by atoms with Crippen LogP contribution in [0.15, 0.2) is 29.3 Å². The van der Waals surface area contributed by atoms with Crippen LogP contribution in [-0.2, 0) is 4.79 Å². The van der Waals surface area contributed by atoms with Crippen LogP contribution in [0.2, 0.25) is 0 Å². The molecule has 8 heteroatoms. The van der Waals surface area contributed by atoms with Crippen LogP contribution in [0.1, 0.15) is 50.6 Å². The summed E-state index contributed by atoms with van der Waals surface area (Å²) in [5.74, 6) is 1.09. The van der Waals surface area contributed by atoms with Gasteiger partial charge in [0.05, 0.1) is 12.6 Å². The summed E-state index contributed by atoms with van der Waals surface area (Å²) < 4.78 is 13.7. The molecule has 1 amide bonds. The number of nitrogens with zero attached hydrogens (tertiary/aromatic N) is 3. The van der Waals surface area contributed by atoms with Crippen molar-refractivity contribution in [2.24, 2.45) is 10.9 Å². The molecule has 2 unspecified atom stereocenters. The van der Waals surface area contributed by atoms with E-state index >= 15 is 0 Å². The number of aliphatic imine (C=N–C) groups is 1. The summed E-state index contributed by atoms with van der Waals surface area (Å²) in [6.45, 7) is 4.87. The lowest BCUT2D eigenvalue weighted by Gasteiger charge is -2.24. The summed E-state index contributed by atoms with van der Waals surface area (Å²) in [7, 11) is 3.96. The van der Waals surface area contributed by atoms with Crippen molar-refractivity contribution in [3.8, 4) is 0 Å². The number of hydrogen-bond donors (Lipinski definition) is 2. The third-order valence-corrected chi connectivity index (χ3v) is 6.17. The average molecular weight is 545 g/mol. The summed E-state index contributed by atoms with van der Waals surface area (Å²) in [6, 6.07) is 6.91. The van der Waals surface area contributed by atoms with Crippen molar-refractivity contribution in [2.75, 3.05) is 40.3 Å². The highest BCUT2D eigenvalue weighted by Crippen LogP contribution is 2.28. The van der Waals surface area contributed by atoms with E-state index in [1.54, 1.807) is 12.1 Å². The van der Waals surface area contributed by atoms with Crippen LogP contribution in [0, 0.1) is 11.7 Å². The quantitative estimate of drug-likeness (QED) is 0.314. The summed E-state index contributed by atoms with van der Waals surface area (Å²) in [4.78, 5) is 21.5. The molecule has 1 saturated heterocycles. The second kappa shape index (κ2) is 12.6. The van der Waals surface area contributed by atoms with Gasteiger partial charge in [-0.05, 0) is 58.0 Å². The van der Waals surface area contributed by atoms with E-state index in [1.807, 2.05) is 32.0 Å². The second-order valence-electron chi connectivity index (χ2n) is 8.65. The first-order chi connectivity index (χ1) is 14.5. The van der Waals surface area contributed by atoms with Crippen molar-refractivity contribution in [2.45, 2.75) is 51.1 Å². The molecule has 1 aromatic rings. The van der Waals surface area contributed by atoms with Gasteiger partial charge in [0.1, 0.15) is 5.82 Å². The number of guanidine groups is 1. The summed E-state index contributed by atoms with van der Waals surface area (Å²) in [6.07, 6.45) is 5.39. The number of likely N-dealkylation sites (tertiary alicyclic amines) is 1. The van der Waals surface area contributed by atoms with Crippen LogP contribution >= 0.6 is 24.0 Å². The Labute approximate surface area is 203 Å². The Balaban J connectivity index is 0.00000341. The molecule has 1 aromatic carbocycles. The molecule has 174 valence electrons. The number of carbonyl (C=O) groups excluding carboxylic acids is 1. The monoisotopic (exact) mass is 545 g/mol. The maximum absolute atomic E-state index is 13.7. The summed E-state index contributed by atoms with van der Waals surface area (Å²) >= 11 is 0. The van der Waals surface area contributed by atoms with Crippen molar-refractivity contribution < 1.29 is 9.18 Å². The highest BCUT2D eigenvalue weighted by molar-refractivity contribution is 14.0. The van der Waals surface area contributed by atoms with E-state index in [-0.39, 0.29) is 47.8 Å². The Hall–Kier alpha value is -1.42. The number of carbonyl (C=O) groups is 1. The van der Waals surface area contributed by atoms with E-state index in [4.69, 9.17) is 4.99 Å². The minimum Gasteiger partial charge on any atom is -0.357 e. The molecular formula is C23H37FIN5O. The molecule has 31 heavy (non-hydrogen) atoms. The van der Waals surface area contributed by atoms with Gasteiger partial charge in [0, 0.05) is 31.6 Å². The maximum atomic E-state index is 13.7. The van der Waals surface area contributed by atoms with Crippen molar-refractivity contribution in [3.05, 3.63) is 35.6 Å². The van der Waals surface area contributed by atoms with Crippen molar-refractivity contribution in [1.82, 2.24) is 20.4 Å². The normalized spacial score (nSPS) is 20.6.